The lowest BCUT2D eigenvalue weighted by Gasteiger charge is -2.26. The van der Waals surface area contributed by atoms with Gasteiger partial charge in [-0.1, -0.05) is 13.3 Å². The summed E-state index contributed by atoms with van der Waals surface area (Å²) in [6.45, 7) is 6.04. The van der Waals surface area contributed by atoms with Crippen molar-refractivity contribution in [1.82, 2.24) is 9.97 Å². The second-order valence-electron chi connectivity index (χ2n) is 5.05. The molecular weight excluding hydrogens is 230 g/mol. The molecule has 0 aromatic carbocycles. The first-order valence-corrected chi connectivity index (χ1v) is 6.24. The molecule has 0 saturated heterocycles. The molecule has 1 heterocycles. The van der Waals surface area contributed by atoms with Gasteiger partial charge in [0.1, 0.15) is 12.1 Å². The number of nitrogens with one attached hydrogen (secondary N) is 1. The number of carboxylic acid groups (broad SMARTS) is 1. The van der Waals surface area contributed by atoms with Gasteiger partial charge in [0.2, 0.25) is 0 Å². The van der Waals surface area contributed by atoms with E-state index in [2.05, 4.69) is 22.2 Å². The Hall–Kier alpha value is -1.65. The zero-order valence-corrected chi connectivity index (χ0v) is 11.2. The Morgan fingerprint density at radius 1 is 1.44 bits per heavy atom. The van der Waals surface area contributed by atoms with Crippen LogP contribution in [0, 0.1) is 0 Å². The van der Waals surface area contributed by atoms with Crippen molar-refractivity contribution in [2.45, 2.75) is 52.0 Å². The number of aryl methyl sites for hydroxylation is 1. The minimum atomic E-state index is -0.778. The summed E-state index contributed by atoms with van der Waals surface area (Å²) in [6.07, 6.45) is 4.20. The monoisotopic (exact) mass is 251 g/mol. The molecule has 1 aromatic heterocycles. The molecule has 1 rings (SSSR count). The number of carbonyl (C=O) groups is 1. The molecule has 0 aliphatic rings. The number of aliphatic carboxylic acids is 1. The van der Waals surface area contributed by atoms with Crippen LogP contribution in [0.1, 0.15) is 45.7 Å². The van der Waals surface area contributed by atoms with Crippen molar-refractivity contribution in [2.24, 2.45) is 0 Å². The smallest absolute Gasteiger partial charge is 0.303 e. The fourth-order valence-corrected chi connectivity index (χ4v) is 1.69. The van der Waals surface area contributed by atoms with Gasteiger partial charge in [0.15, 0.2) is 0 Å². The zero-order chi connectivity index (χ0) is 13.6. The number of rotatable bonds is 7. The minimum absolute atomic E-state index is 0.146. The van der Waals surface area contributed by atoms with Gasteiger partial charge in [-0.3, -0.25) is 4.79 Å². The second-order valence-corrected chi connectivity index (χ2v) is 5.05. The summed E-state index contributed by atoms with van der Waals surface area (Å²) >= 11 is 0. The molecule has 1 aromatic rings. The van der Waals surface area contributed by atoms with Crippen molar-refractivity contribution < 1.29 is 9.90 Å². The van der Waals surface area contributed by atoms with Gasteiger partial charge in [0.05, 0.1) is 0 Å². The van der Waals surface area contributed by atoms with Crippen molar-refractivity contribution in [1.29, 1.82) is 0 Å². The number of aromatic nitrogens is 2. The molecule has 0 aliphatic carbocycles. The lowest BCUT2D eigenvalue weighted by molar-refractivity contribution is -0.137. The van der Waals surface area contributed by atoms with Gasteiger partial charge in [-0.15, -0.1) is 0 Å². The van der Waals surface area contributed by atoms with Gasteiger partial charge in [-0.25, -0.2) is 9.97 Å². The fourth-order valence-electron chi connectivity index (χ4n) is 1.69. The first-order valence-electron chi connectivity index (χ1n) is 6.24. The van der Waals surface area contributed by atoms with E-state index >= 15 is 0 Å². The van der Waals surface area contributed by atoms with Crippen LogP contribution in [0.3, 0.4) is 0 Å². The average Bonchev–Trinajstić information content (AvgIpc) is 2.27. The van der Waals surface area contributed by atoms with Gasteiger partial charge in [-0.2, -0.15) is 0 Å². The van der Waals surface area contributed by atoms with Crippen LogP contribution in [0.15, 0.2) is 12.4 Å². The van der Waals surface area contributed by atoms with E-state index in [9.17, 15) is 4.79 Å². The van der Waals surface area contributed by atoms with Crippen LogP contribution in [-0.4, -0.2) is 26.6 Å². The van der Waals surface area contributed by atoms with Crippen molar-refractivity contribution in [3.8, 4) is 0 Å². The Kier molecular flexibility index (Phi) is 5.07. The highest BCUT2D eigenvalue weighted by molar-refractivity contribution is 5.66. The molecule has 5 nitrogen and oxygen atoms in total. The third kappa shape index (κ3) is 5.12. The molecule has 0 aliphatic heterocycles. The maximum Gasteiger partial charge on any atom is 0.303 e. The van der Waals surface area contributed by atoms with Crippen LogP contribution < -0.4 is 5.32 Å². The summed E-state index contributed by atoms with van der Waals surface area (Å²) in [7, 11) is 0. The first kappa shape index (κ1) is 14.4. The highest BCUT2D eigenvalue weighted by atomic mass is 16.4. The summed E-state index contributed by atoms with van der Waals surface area (Å²) in [5.74, 6) is -0.0249. The van der Waals surface area contributed by atoms with Crippen LogP contribution in [0.25, 0.3) is 0 Å². The molecule has 0 bridgehead atoms. The molecular formula is C13H21N3O2. The number of nitrogens with zero attached hydrogens (tertiary/aromatic N) is 2. The molecule has 2 N–H and O–H groups in total. The van der Waals surface area contributed by atoms with E-state index in [1.807, 2.05) is 19.9 Å². The number of hydrogen-bond donors (Lipinski definition) is 2. The van der Waals surface area contributed by atoms with Gasteiger partial charge < -0.3 is 10.4 Å². The topological polar surface area (TPSA) is 75.1 Å². The Bertz CT molecular complexity index is 405. The molecule has 0 atom stereocenters. The van der Waals surface area contributed by atoms with Gasteiger partial charge >= 0.3 is 5.97 Å². The number of carboxylic acids is 1. The van der Waals surface area contributed by atoms with E-state index in [0.29, 0.717) is 6.42 Å². The van der Waals surface area contributed by atoms with Crippen LogP contribution in [0.4, 0.5) is 5.82 Å². The maximum atomic E-state index is 10.6. The zero-order valence-electron chi connectivity index (χ0n) is 11.2. The van der Waals surface area contributed by atoms with E-state index in [0.717, 1.165) is 24.4 Å². The molecule has 0 fully saturated rings. The normalized spacial score (nSPS) is 11.3. The number of hydrogen-bond acceptors (Lipinski definition) is 4. The second kappa shape index (κ2) is 6.33. The van der Waals surface area contributed by atoms with E-state index in [1.165, 1.54) is 0 Å². The van der Waals surface area contributed by atoms with E-state index < -0.39 is 5.97 Å². The third-order valence-electron chi connectivity index (χ3n) is 2.66. The lowest BCUT2D eigenvalue weighted by Crippen LogP contribution is -2.32. The van der Waals surface area contributed by atoms with Crippen LogP contribution >= 0.6 is 0 Å². The quantitative estimate of drug-likeness (QED) is 0.778. The molecule has 0 unspecified atom stereocenters. The summed E-state index contributed by atoms with van der Waals surface area (Å²) in [6, 6.07) is 1.92. The average molecular weight is 251 g/mol. The van der Waals surface area contributed by atoms with Crippen LogP contribution in [0.5, 0.6) is 0 Å². The SMILES string of the molecule is CCCc1cc(NC(C)(C)CCC(=O)O)ncn1. The van der Waals surface area contributed by atoms with E-state index in [-0.39, 0.29) is 12.0 Å². The molecule has 0 saturated carbocycles. The summed E-state index contributed by atoms with van der Waals surface area (Å²) in [4.78, 5) is 18.9. The predicted octanol–water partition coefficient (Wildman–Crippen LogP) is 2.48. The van der Waals surface area contributed by atoms with E-state index in [1.54, 1.807) is 6.33 Å². The highest BCUT2D eigenvalue weighted by Crippen LogP contribution is 2.18. The Morgan fingerprint density at radius 3 is 2.78 bits per heavy atom. The molecule has 0 amide bonds. The van der Waals surface area contributed by atoms with Crippen molar-refractivity contribution in [2.75, 3.05) is 5.32 Å². The molecule has 100 valence electrons. The van der Waals surface area contributed by atoms with Gasteiger partial charge in [0, 0.05) is 23.7 Å². The van der Waals surface area contributed by atoms with E-state index in [4.69, 9.17) is 5.11 Å². The third-order valence-corrected chi connectivity index (χ3v) is 2.66. The highest BCUT2D eigenvalue weighted by Gasteiger charge is 2.19. The van der Waals surface area contributed by atoms with Gasteiger partial charge in [0.25, 0.3) is 0 Å². The minimum Gasteiger partial charge on any atom is -0.481 e. The largest absolute Gasteiger partial charge is 0.481 e. The summed E-state index contributed by atoms with van der Waals surface area (Å²) in [5.41, 5.74) is 0.708. The van der Waals surface area contributed by atoms with Crippen molar-refractivity contribution in [3.63, 3.8) is 0 Å². The predicted molar refractivity (Wildman–Crippen MR) is 70.6 cm³/mol. The molecule has 0 spiro atoms. The Balaban J connectivity index is 2.64. The summed E-state index contributed by atoms with van der Waals surface area (Å²) < 4.78 is 0. The molecule has 18 heavy (non-hydrogen) atoms. The van der Waals surface area contributed by atoms with Crippen LogP contribution in [0.2, 0.25) is 0 Å². The van der Waals surface area contributed by atoms with Crippen LogP contribution in [-0.2, 0) is 11.2 Å². The summed E-state index contributed by atoms with van der Waals surface area (Å²) in [5, 5.41) is 12.0. The molecule has 0 radical (unpaired) electrons. The standard InChI is InChI=1S/C13H21N3O2/c1-4-5-10-8-11(15-9-14-10)16-13(2,3)7-6-12(17)18/h8-9H,4-7H2,1-3H3,(H,17,18)(H,14,15,16). The van der Waals surface area contributed by atoms with Crippen molar-refractivity contribution in [3.05, 3.63) is 18.1 Å². The van der Waals surface area contributed by atoms with Gasteiger partial charge in [-0.05, 0) is 26.7 Å². The Morgan fingerprint density at radius 2 is 2.17 bits per heavy atom. The maximum absolute atomic E-state index is 10.6. The number of anilines is 1. The lowest BCUT2D eigenvalue weighted by atomic mass is 9.98. The fraction of sp³-hybridized carbons (Fsp3) is 0.615. The van der Waals surface area contributed by atoms with Crippen molar-refractivity contribution >= 4 is 11.8 Å². The first-order chi connectivity index (χ1) is 8.43. The molecule has 5 heteroatoms. The Labute approximate surface area is 108 Å².